The second-order valence-electron chi connectivity index (χ2n) is 8.01. The van der Waals surface area contributed by atoms with E-state index >= 15 is 0 Å². The molecule has 10 heteroatoms. The molecule has 2 heterocycles. The average molecular weight is 485 g/mol. The van der Waals surface area contributed by atoms with Crippen molar-refractivity contribution in [1.82, 2.24) is 14.9 Å². The van der Waals surface area contributed by atoms with Crippen LogP contribution < -0.4 is 19.9 Å². The number of amides is 1. The monoisotopic (exact) mass is 484 g/mol. The molecule has 0 atom stereocenters. The van der Waals surface area contributed by atoms with E-state index in [1.54, 1.807) is 0 Å². The van der Waals surface area contributed by atoms with Gasteiger partial charge in [0.15, 0.2) is 5.82 Å². The highest BCUT2D eigenvalue weighted by Gasteiger charge is 2.25. The van der Waals surface area contributed by atoms with Crippen LogP contribution >= 0.6 is 11.6 Å². The van der Waals surface area contributed by atoms with E-state index in [0.717, 1.165) is 37.6 Å². The lowest BCUT2D eigenvalue weighted by Gasteiger charge is -2.34. The first-order valence-corrected chi connectivity index (χ1v) is 11.2. The molecule has 0 spiro atoms. The minimum atomic E-state index is -0.694. The van der Waals surface area contributed by atoms with E-state index < -0.39 is 11.7 Å². The fourth-order valence-electron chi connectivity index (χ4n) is 3.75. The Morgan fingerprint density at radius 1 is 1.15 bits per heavy atom. The van der Waals surface area contributed by atoms with Gasteiger partial charge in [-0.3, -0.25) is 9.69 Å². The van der Waals surface area contributed by atoms with Gasteiger partial charge in [-0.2, -0.15) is 4.98 Å². The highest BCUT2D eigenvalue weighted by atomic mass is 35.5. The van der Waals surface area contributed by atoms with E-state index in [1.807, 2.05) is 24.3 Å². The second-order valence-corrected chi connectivity index (χ2v) is 8.42. The van der Waals surface area contributed by atoms with Crippen LogP contribution in [0, 0.1) is 5.82 Å². The molecule has 0 saturated carbocycles. The molecular weight excluding hydrogens is 459 g/mol. The second kappa shape index (κ2) is 10.2. The smallest absolute Gasteiger partial charge is 0.265 e. The number of benzene rings is 2. The Morgan fingerprint density at radius 2 is 1.85 bits per heavy atom. The molecule has 0 unspecified atom stereocenters. The van der Waals surface area contributed by atoms with Crippen molar-refractivity contribution >= 4 is 40.6 Å². The number of likely N-dealkylation sites (N-methyl/N-ethyl adjacent to an activating group) is 1. The molecule has 4 rings (SSSR count). The van der Waals surface area contributed by atoms with Gasteiger partial charge in [-0.1, -0.05) is 17.7 Å². The van der Waals surface area contributed by atoms with Crippen molar-refractivity contribution in [3.63, 3.8) is 0 Å². The number of aromatic nitrogens is 2. The van der Waals surface area contributed by atoms with Gasteiger partial charge in [0.25, 0.3) is 5.91 Å². The third-order valence-electron chi connectivity index (χ3n) is 5.75. The summed E-state index contributed by atoms with van der Waals surface area (Å²) >= 11 is 6.28. The van der Waals surface area contributed by atoms with E-state index in [-0.39, 0.29) is 28.1 Å². The van der Waals surface area contributed by atoms with Crippen molar-refractivity contribution in [3.05, 3.63) is 65.1 Å². The number of anilines is 4. The van der Waals surface area contributed by atoms with E-state index in [2.05, 4.69) is 32.1 Å². The molecule has 1 aliphatic rings. The van der Waals surface area contributed by atoms with Crippen LogP contribution in [0.1, 0.15) is 10.4 Å². The van der Waals surface area contributed by atoms with Gasteiger partial charge in [0, 0.05) is 44.6 Å². The van der Waals surface area contributed by atoms with Gasteiger partial charge in [-0.25, -0.2) is 9.37 Å². The number of hydrogen-bond acceptors (Lipinski definition) is 7. The van der Waals surface area contributed by atoms with E-state index in [0.29, 0.717) is 0 Å². The van der Waals surface area contributed by atoms with Crippen molar-refractivity contribution in [3.8, 4) is 5.75 Å². The number of piperazine rings is 1. The van der Waals surface area contributed by atoms with Gasteiger partial charge >= 0.3 is 0 Å². The van der Waals surface area contributed by atoms with Gasteiger partial charge in [0.05, 0.1) is 13.3 Å². The van der Waals surface area contributed by atoms with Crippen LogP contribution in [0.15, 0.2) is 48.7 Å². The predicted octanol–water partition coefficient (Wildman–Crippen LogP) is 4.05. The zero-order valence-electron chi connectivity index (χ0n) is 19.3. The molecule has 0 aliphatic carbocycles. The third-order valence-corrected chi connectivity index (χ3v) is 6.02. The molecule has 1 aliphatic heterocycles. The lowest BCUT2D eigenvalue weighted by Crippen LogP contribution is -2.44. The molecule has 1 saturated heterocycles. The molecule has 1 N–H and O–H groups in total. The van der Waals surface area contributed by atoms with Crippen LogP contribution in [-0.4, -0.2) is 68.2 Å². The summed E-state index contributed by atoms with van der Waals surface area (Å²) in [5, 5.41) is 3.29. The molecule has 1 fully saturated rings. The Hall–Kier alpha value is -3.43. The summed E-state index contributed by atoms with van der Waals surface area (Å²) in [6, 6.07) is 12.2. The molecule has 1 aromatic heterocycles. The standard InChI is InChI=1S/C24H26ClFN6O2/c1-30-11-13-32(14-12-30)17-9-7-16(8-10-17)28-24-27-15-18(25)22(29-24)31(2)23(33)21-19(26)5-4-6-20(21)34-3/h4-10,15H,11-14H2,1-3H3,(H,27,28,29). The lowest BCUT2D eigenvalue weighted by molar-refractivity contribution is 0.0985. The van der Waals surface area contributed by atoms with Crippen molar-refractivity contribution in [2.75, 3.05) is 62.5 Å². The highest BCUT2D eigenvalue weighted by molar-refractivity contribution is 6.33. The first-order chi connectivity index (χ1) is 16.4. The van der Waals surface area contributed by atoms with Crippen molar-refractivity contribution < 1.29 is 13.9 Å². The van der Waals surface area contributed by atoms with Crippen molar-refractivity contribution in [2.24, 2.45) is 0 Å². The maximum atomic E-state index is 14.4. The molecule has 3 aromatic rings. The van der Waals surface area contributed by atoms with Crippen LogP contribution in [-0.2, 0) is 0 Å². The first kappa shape index (κ1) is 23.7. The van der Waals surface area contributed by atoms with Crippen molar-refractivity contribution in [2.45, 2.75) is 0 Å². The lowest BCUT2D eigenvalue weighted by atomic mass is 10.1. The Kier molecular flexibility index (Phi) is 7.14. The number of nitrogens with zero attached hydrogens (tertiary/aromatic N) is 5. The predicted molar refractivity (Wildman–Crippen MR) is 132 cm³/mol. The van der Waals surface area contributed by atoms with Gasteiger partial charge in [-0.05, 0) is 43.4 Å². The molecule has 1 amide bonds. The van der Waals surface area contributed by atoms with Crippen LogP contribution in [0.4, 0.5) is 27.5 Å². The summed E-state index contributed by atoms with van der Waals surface area (Å²) in [5.74, 6) is -0.811. The van der Waals surface area contributed by atoms with E-state index in [1.165, 1.54) is 43.5 Å². The molecule has 34 heavy (non-hydrogen) atoms. The number of rotatable bonds is 6. The van der Waals surface area contributed by atoms with Gasteiger partial charge in [0.1, 0.15) is 22.2 Å². The maximum absolute atomic E-state index is 14.4. The summed E-state index contributed by atoms with van der Waals surface area (Å²) in [7, 11) is 4.97. The van der Waals surface area contributed by atoms with Crippen LogP contribution in [0.25, 0.3) is 0 Å². The van der Waals surface area contributed by atoms with Crippen LogP contribution in [0.5, 0.6) is 5.75 Å². The summed E-state index contributed by atoms with van der Waals surface area (Å²) in [6.07, 6.45) is 1.40. The summed E-state index contributed by atoms with van der Waals surface area (Å²) in [4.78, 5) is 27.5. The number of carbonyl (C=O) groups excluding carboxylic acids is 1. The Morgan fingerprint density at radius 3 is 2.53 bits per heavy atom. The van der Waals surface area contributed by atoms with E-state index in [4.69, 9.17) is 16.3 Å². The zero-order valence-corrected chi connectivity index (χ0v) is 20.0. The molecular formula is C24H26ClFN6O2. The SMILES string of the molecule is COc1cccc(F)c1C(=O)N(C)c1nc(Nc2ccc(N3CCN(C)CC3)cc2)ncc1Cl. The number of hydrogen-bond donors (Lipinski definition) is 1. The fourth-order valence-corrected chi connectivity index (χ4v) is 3.97. The number of carbonyl (C=O) groups is 1. The maximum Gasteiger partial charge on any atom is 0.265 e. The molecule has 0 bridgehead atoms. The Labute approximate surface area is 202 Å². The fraction of sp³-hybridized carbons (Fsp3) is 0.292. The average Bonchev–Trinajstić information content (AvgIpc) is 2.85. The first-order valence-electron chi connectivity index (χ1n) is 10.8. The van der Waals surface area contributed by atoms with Gasteiger partial charge in [-0.15, -0.1) is 0 Å². The highest BCUT2D eigenvalue weighted by Crippen LogP contribution is 2.29. The molecule has 8 nitrogen and oxygen atoms in total. The topological polar surface area (TPSA) is 73.8 Å². The van der Waals surface area contributed by atoms with Crippen molar-refractivity contribution in [1.29, 1.82) is 0 Å². The third kappa shape index (κ3) is 5.05. The van der Waals surface area contributed by atoms with Gasteiger partial charge < -0.3 is 19.9 Å². The zero-order chi connectivity index (χ0) is 24.2. The summed E-state index contributed by atoms with van der Waals surface area (Å²) in [5.41, 5.74) is 1.74. The Bertz CT molecular complexity index is 1170. The Balaban J connectivity index is 1.52. The van der Waals surface area contributed by atoms with Crippen LogP contribution in [0.2, 0.25) is 5.02 Å². The minimum Gasteiger partial charge on any atom is -0.496 e. The minimum absolute atomic E-state index is 0.126. The number of halogens is 2. The number of nitrogens with one attached hydrogen (secondary N) is 1. The summed E-state index contributed by atoms with van der Waals surface area (Å²) in [6.45, 7) is 4.04. The molecule has 178 valence electrons. The summed E-state index contributed by atoms with van der Waals surface area (Å²) < 4.78 is 19.6. The molecule has 2 aromatic carbocycles. The van der Waals surface area contributed by atoms with E-state index in [9.17, 15) is 9.18 Å². The van der Waals surface area contributed by atoms with Gasteiger partial charge in [0.2, 0.25) is 5.95 Å². The normalized spacial score (nSPS) is 14.1. The largest absolute Gasteiger partial charge is 0.496 e. The van der Waals surface area contributed by atoms with Crippen LogP contribution in [0.3, 0.4) is 0 Å². The quantitative estimate of drug-likeness (QED) is 0.565. The molecule has 0 radical (unpaired) electrons. The number of ether oxygens (including phenoxy) is 1. The number of methoxy groups -OCH3 is 1.